The van der Waals surface area contributed by atoms with Crippen LogP contribution in [0.1, 0.15) is 31.8 Å². The maximum absolute atomic E-state index is 12.2. The largest absolute Gasteiger partial charge is 0.423 e. The molecule has 3 rings (SSSR count). The second-order valence-electron chi connectivity index (χ2n) is 5.97. The quantitative estimate of drug-likeness (QED) is 0.267. The summed E-state index contributed by atoms with van der Waals surface area (Å²) in [6.07, 6.45) is 1.45. The van der Waals surface area contributed by atoms with Crippen LogP contribution in [0.25, 0.3) is 0 Å². The lowest BCUT2D eigenvalue weighted by atomic mass is 10.1. The van der Waals surface area contributed by atoms with Crippen LogP contribution >= 0.6 is 23.2 Å². The molecule has 0 bridgehead atoms. The van der Waals surface area contributed by atoms with E-state index in [2.05, 4.69) is 10.5 Å². The van der Waals surface area contributed by atoms with Crippen molar-refractivity contribution < 1.29 is 14.3 Å². The van der Waals surface area contributed by atoms with Crippen molar-refractivity contribution in [2.24, 2.45) is 5.10 Å². The molecule has 0 saturated carbocycles. The molecule has 0 saturated heterocycles. The van der Waals surface area contributed by atoms with E-state index < -0.39 is 11.9 Å². The maximum Gasteiger partial charge on any atom is 0.345 e. The number of rotatable bonds is 5. The third kappa shape index (κ3) is 5.45. The van der Waals surface area contributed by atoms with E-state index in [0.717, 1.165) is 0 Å². The van der Waals surface area contributed by atoms with Crippen molar-refractivity contribution in [1.29, 1.82) is 5.26 Å². The van der Waals surface area contributed by atoms with E-state index >= 15 is 0 Å². The van der Waals surface area contributed by atoms with Crippen LogP contribution in [0.3, 0.4) is 0 Å². The molecule has 0 aliphatic heterocycles. The van der Waals surface area contributed by atoms with Gasteiger partial charge in [0.2, 0.25) is 0 Å². The molecule has 30 heavy (non-hydrogen) atoms. The third-order valence-electron chi connectivity index (χ3n) is 3.90. The number of ether oxygens (including phenoxy) is 1. The Morgan fingerprint density at radius 1 is 1.00 bits per heavy atom. The Morgan fingerprint density at radius 2 is 1.70 bits per heavy atom. The second kappa shape index (κ2) is 9.70. The average Bonchev–Trinajstić information content (AvgIpc) is 2.75. The summed E-state index contributed by atoms with van der Waals surface area (Å²) < 4.78 is 5.29. The van der Waals surface area contributed by atoms with Crippen molar-refractivity contribution in [3.8, 4) is 11.8 Å². The Labute approximate surface area is 182 Å². The molecule has 0 spiro atoms. The number of esters is 1. The normalized spacial score (nSPS) is 10.4. The van der Waals surface area contributed by atoms with Crippen LogP contribution in [0.5, 0.6) is 5.75 Å². The summed E-state index contributed by atoms with van der Waals surface area (Å²) >= 11 is 11.8. The molecule has 0 unspecified atom stereocenters. The third-order valence-corrected chi connectivity index (χ3v) is 4.45. The number of carbonyl (C=O) groups is 2. The number of hydrogen-bond donors (Lipinski definition) is 1. The SMILES string of the molecule is N#Cc1ccc(C(=O)NN=Cc2ccc(OC(=O)c3ccc(Cl)cc3Cl)cc2)cc1. The van der Waals surface area contributed by atoms with Crippen LogP contribution in [0.4, 0.5) is 0 Å². The Kier molecular flexibility index (Phi) is 6.81. The van der Waals surface area contributed by atoms with E-state index in [9.17, 15) is 9.59 Å². The summed E-state index contributed by atoms with van der Waals surface area (Å²) in [5.41, 5.74) is 4.14. The van der Waals surface area contributed by atoms with Crippen LogP contribution in [0.15, 0.2) is 71.8 Å². The molecule has 0 aliphatic carbocycles. The van der Waals surface area contributed by atoms with Gasteiger partial charge in [0.1, 0.15) is 5.75 Å². The molecule has 148 valence electrons. The smallest absolute Gasteiger partial charge is 0.345 e. The van der Waals surface area contributed by atoms with E-state index in [1.807, 2.05) is 6.07 Å². The molecule has 0 radical (unpaired) electrons. The van der Waals surface area contributed by atoms with Gasteiger partial charge in [-0.15, -0.1) is 0 Å². The van der Waals surface area contributed by atoms with Crippen molar-refractivity contribution in [2.45, 2.75) is 0 Å². The molecule has 8 heteroatoms. The van der Waals surface area contributed by atoms with Gasteiger partial charge in [-0.2, -0.15) is 10.4 Å². The van der Waals surface area contributed by atoms with Gasteiger partial charge in [0.05, 0.1) is 28.4 Å². The Morgan fingerprint density at radius 3 is 2.33 bits per heavy atom. The predicted octanol–water partition coefficient (Wildman–Crippen LogP) is 4.85. The maximum atomic E-state index is 12.2. The number of benzene rings is 3. The van der Waals surface area contributed by atoms with Gasteiger partial charge in [0.25, 0.3) is 5.91 Å². The lowest BCUT2D eigenvalue weighted by Crippen LogP contribution is -2.17. The first-order valence-electron chi connectivity index (χ1n) is 8.57. The topological polar surface area (TPSA) is 91.6 Å². The number of nitriles is 1. The van der Waals surface area contributed by atoms with Crippen molar-refractivity contribution in [1.82, 2.24) is 5.43 Å². The Balaban J connectivity index is 1.57. The molecular weight excluding hydrogens is 425 g/mol. The van der Waals surface area contributed by atoms with Gasteiger partial charge in [-0.05, 0) is 72.3 Å². The lowest BCUT2D eigenvalue weighted by molar-refractivity contribution is 0.0734. The minimum atomic E-state index is -0.604. The fraction of sp³-hybridized carbons (Fsp3) is 0. The van der Waals surface area contributed by atoms with Crippen LogP contribution in [-0.4, -0.2) is 18.1 Å². The first-order chi connectivity index (χ1) is 14.5. The highest BCUT2D eigenvalue weighted by Gasteiger charge is 2.13. The summed E-state index contributed by atoms with van der Waals surface area (Å²) in [7, 11) is 0. The van der Waals surface area contributed by atoms with Crippen molar-refractivity contribution in [3.63, 3.8) is 0 Å². The van der Waals surface area contributed by atoms with Gasteiger partial charge < -0.3 is 4.74 Å². The van der Waals surface area contributed by atoms with Gasteiger partial charge in [0, 0.05) is 10.6 Å². The van der Waals surface area contributed by atoms with Crippen molar-refractivity contribution in [3.05, 3.63) is 99.0 Å². The summed E-state index contributed by atoms with van der Waals surface area (Å²) in [5, 5.41) is 13.3. The molecule has 3 aromatic rings. The van der Waals surface area contributed by atoms with Gasteiger partial charge >= 0.3 is 5.97 Å². The zero-order valence-corrected chi connectivity index (χ0v) is 16.8. The molecule has 3 aromatic carbocycles. The highest BCUT2D eigenvalue weighted by atomic mass is 35.5. The van der Waals surface area contributed by atoms with Gasteiger partial charge in [-0.3, -0.25) is 4.79 Å². The van der Waals surface area contributed by atoms with E-state index in [4.69, 9.17) is 33.2 Å². The number of nitrogens with zero attached hydrogens (tertiary/aromatic N) is 2. The van der Waals surface area contributed by atoms with Crippen molar-refractivity contribution >= 4 is 41.3 Å². The Hall–Kier alpha value is -3.66. The highest BCUT2D eigenvalue weighted by molar-refractivity contribution is 6.36. The number of amides is 1. The highest BCUT2D eigenvalue weighted by Crippen LogP contribution is 2.23. The first-order valence-corrected chi connectivity index (χ1v) is 9.33. The fourth-order valence-corrected chi connectivity index (χ4v) is 2.85. The molecule has 0 aromatic heterocycles. The summed E-state index contributed by atoms with van der Waals surface area (Å²) in [6, 6.07) is 19.2. The minimum absolute atomic E-state index is 0.203. The number of carbonyl (C=O) groups excluding carboxylic acids is 2. The van der Waals surface area contributed by atoms with Crippen molar-refractivity contribution in [2.75, 3.05) is 0 Å². The van der Waals surface area contributed by atoms with Crippen LogP contribution < -0.4 is 10.2 Å². The van der Waals surface area contributed by atoms with Crippen LogP contribution in [0, 0.1) is 11.3 Å². The first kappa shape index (κ1) is 21.1. The molecule has 1 N–H and O–H groups in total. The fourth-order valence-electron chi connectivity index (χ4n) is 2.37. The molecule has 0 heterocycles. The molecule has 1 amide bonds. The molecule has 0 fully saturated rings. The average molecular weight is 438 g/mol. The van der Waals surface area contributed by atoms with E-state index in [1.54, 1.807) is 54.6 Å². The zero-order valence-electron chi connectivity index (χ0n) is 15.3. The van der Waals surface area contributed by atoms with Gasteiger partial charge in [-0.25, -0.2) is 10.2 Å². The summed E-state index contributed by atoms with van der Waals surface area (Å²) in [4.78, 5) is 24.2. The molecule has 0 aliphatic rings. The zero-order chi connectivity index (χ0) is 21.5. The number of hydrazone groups is 1. The second-order valence-corrected chi connectivity index (χ2v) is 6.81. The summed E-state index contributed by atoms with van der Waals surface area (Å²) in [6.45, 7) is 0. The number of nitrogens with one attached hydrogen (secondary N) is 1. The molecule has 0 atom stereocenters. The number of halogens is 2. The van der Waals surface area contributed by atoms with Crippen LogP contribution in [0.2, 0.25) is 10.0 Å². The molecular formula is C22H13Cl2N3O3. The lowest BCUT2D eigenvalue weighted by Gasteiger charge is -2.06. The summed E-state index contributed by atoms with van der Waals surface area (Å²) in [5.74, 6) is -0.682. The van der Waals surface area contributed by atoms with Gasteiger partial charge in [0.15, 0.2) is 0 Å². The van der Waals surface area contributed by atoms with Crippen LogP contribution in [-0.2, 0) is 0 Å². The predicted molar refractivity (Wildman–Crippen MR) is 114 cm³/mol. The number of hydrogen-bond acceptors (Lipinski definition) is 5. The van der Waals surface area contributed by atoms with E-state index in [0.29, 0.717) is 27.5 Å². The van der Waals surface area contributed by atoms with Gasteiger partial charge in [-0.1, -0.05) is 23.2 Å². The monoisotopic (exact) mass is 437 g/mol. The van der Waals surface area contributed by atoms with E-state index in [-0.39, 0.29) is 10.6 Å². The molecule has 6 nitrogen and oxygen atoms in total. The van der Waals surface area contributed by atoms with E-state index in [1.165, 1.54) is 18.3 Å². The Bertz CT molecular complexity index is 1150. The standard InChI is InChI=1S/C22H13Cl2N3O3/c23-17-7-10-19(20(24)11-17)22(29)30-18-8-3-15(4-9-18)13-26-27-21(28)16-5-1-14(12-25)2-6-16/h1-11,13H,(H,27,28). The minimum Gasteiger partial charge on any atom is -0.423 e.